The second-order valence-corrected chi connectivity index (χ2v) is 7.75. The molecule has 0 bridgehead atoms. The Morgan fingerprint density at radius 2 is 1.85 bits per heavy atom. The minimum atomic E-state index is 0. The Kier molecular flexibility index (Phi) is 7.12. The van der Waals surface area contributed by atoms with Gasteiger partial charge in [-0.1, -0.05) is 30.3 Å². The first-order chi connectivity index (χ1) is 12.4. The van der Waals surface area contributed by atoms with Crippen molar-refractivity contribution in [2.75, 3.05) is 13.1 Å². The molecule has 4 nitrogen and oxygen atoms in total. The van der Waals surface area contributed by atoms with Crippen LogP contribution in [0.3, 0.4) is 0 Å². The summed E-state index contributed by atoms with van der Waals surface area (Å²) in [5.41, 5.74) is 10.3. The van der Waals surface area contributed by atoms with Gasteiger partial charge in [-0.3, -0.25) is 4.79 Å². The van der Waals surface area contributed by atoms with Gasteiger partial charge in [-0.15, -0.1) is 12.4 Å². The Labute approximate surface area is 169 Å². The number of carbonyl (C=O) groups excluding carboxylic acids is 1. The van der Waals surface area contributed by atoms with Gasteiger partial charge in [0.2, 0.25) is 0 Å². The summed E-state index contributed by atoms with van der Waals surface area (Å²) in [6.45, 7) is 9.99. The van der Waals surface area contributed by atoms with Gasteiger partial charge in [-0.05, 0) is 58.1 Å². The first-order valence-electron chi connectivity index (χ1n) is 9.68. The molecule has 1 aromatic carbocycles. The first kappa shape index (κ1) is 21.5. The molecule has 1 amide bonds. The van der Waals surface area contributed by atoms with Crippen LogP contribution in [0, 0.1) is 19.8 Å². The van der Waals surface area contributed by atoms with Crippen LogP contribution >= 0.6 is 12.4 Å². The average molecular weight is 390 g/mol. The highest BCUT2D eigenvalue weighted by Gasteiger charge is 2.29. The van der Waals surface area contributed by atoms with Gasteiger partial charge in [-0.2, -0.15) is 0 Å². The molecule has 1 saturated heterocycles. The molecule has 2 heterocycles. The molecule has 0 radical (unpaired) electrons. The summed E-state index contributed by atoms with van der Waals surface area (Å²) in [5.74, 6) is 0.550. The fraction of sp³-hybridized carbons (Fsp3) is 0.500. The van der Waals surface area contributed by atoms with Crippen LogP contribution in [0.15, 0.2) is 36.4 Å². The molecule has 3 rings (SSSR count). The normalized spacial score (nSPS) is 19.3. The fourth-order valence-electron chi connectivity index (χ4n) is 4.26. The van der Waals surface area contributed by atoms with E-state index in [1.54, 1.807) is 0 Å². The van der Waals surface area contributed by atoms with E-state index in [9.17, 15) is 4.79 Å². The minimum absolute atomic E-state index is 0. The predicted molar refractivity (Wildman–Crippen MR) is 114 cm³/mol. The molecule has 27 heavy (non-hydrogen) atoms. The number of aryl methyl sites for hydroxylation is 1. The SMILES string of the molecule is Cc1cc(C(=O)N2CCCC(C(C)N)C2)c(C)n1C(C)c1ccccc1.Cl. The van der Waals surface area contributed by atoms with Crippen molar-refractivity contribution in [2.45, 2.75) is 52.6 Å². The highest BCUT2D eigenvalue weighted by atomic mass is 35.5. The number of aromatic nitrogens is 1. The lowest BCUT2D eigenvalue weighted by Crippen LogP contribution is -2.45. The third kappa shape index (κ3) is 4.39. The maximum Gasteiger partial charge on any atom is 0.255 e. The molecule has 0 spiro atoms. The van der Waals surface area contributed by atoms with Gasteiger partial charge >= 0.3 is 0 Å². The van der Waals surface area contributed by atoms with Crippen molar-refractivity contribution in [3.8, 4) is 0 Å². The van der Waals surface area contributed by atoms with Crippen LogP contribution in [-0.2, 0) is 0 Å². The molecule has 2 aromatic rings. The number of halogens is 1. The first-order valence-corrected chi connectivity index (χ1v) is 9.68. The average Bonchev–Trinajstić information content (AvgIpc) is 2.95. The van der Waals surface area contributed by atoms with Gasteiger partial charge in [0.05, 0.1) is 11.6 Å². The lowest BCUT2D eigenvalue weighted by Gasteiger charge is -2.34. The summed E-state index contributed by atoms with van der Waals surface area (Å²) in [6, 6.07) is 12.8. The molecular formula is C22H32ClN3O. The van der Waals surface area contributed by atoms with E-state index in [1.807, 2.05) is 24.0 Å². The van der Waals surface area contributed by atoms with Crippen LogP contribution in [0.2, 0.25) is 0 Å². The Balaban J connectivity index is 0.00000261. The third-order valence-electron chi connectivity index (χ3n) is 5.87. The monoisotopic (exact) mass is 389 g/mol. The highest BCUT2D eigenvalue weighted by molar-refractivity contribution is 5.95. The molecule has 3 unspecified atom stereocenters. The van der Waals surface area contributed by atoms with Crippen LogP contribution in [0.1, 0.15) is 60.0 Å². The van der Waals surface area contributed by atoms with E-state index in [2.05, 4.69) is 49.6 Å². The van der Waals surface area contributed by atoms with Crippen molar-refractivity contribution >= 4 is 18.3 Å². The molecule has 1 aliphatic heterocycles. The topological polar surface area (TPSA) is 51.3 Å². The molecule has 3 atom stereocenters. The van der Waals surface area contributed by atoms with Crippen molar-refractivity contribution in [3.05, 3.63) is 58.9 Å². The predicted octanol–water partition coefficient (Wildman–Crippen LogP) is 4.34. The highest BCUT2D eigenvalue weighted by Crippen LogP contribution is 2.27. The van der Waals surface area contributed by atoms with E-state index >= 15 is 0 Å². The standard InChI is InChI=1S/C22H31N3O.ClH/c1-15-13-21(22(26)24-12-8-11-20(14-24)16(2)23)18(4)25(15)17(3)19-9-6-5-7-10-19;/h5-7,9-10,13,16-17,20H,8,11-12,14,23H2,1-4H3;1H. The Morgan fingerprint density at radius 1 is 1.19 bits per heavy atom. The number of hydrogen-bond donors (Lipinski definition) is 1. The van der Waals surface area contributed by atoms with Crippen LogP contribution in [0.4, 0.5) is 0 Å². The van der Waals surface area contributed by atoms with Crippen LogP contribution in [0.5, 0.6) is 0 Å². The lowest BCUT2D eigenvalue weighted by atomic mass is 9.92. The summed E-state index contributed by atoms with van der Waals surface area (Å²) in [4.78, 5) is 15.2. The largest absolute Gasteiger partial charge is 0.341 e. The molecule has 5 heteroatoms. The molecule has 1 aromatic heterocycles. The van der Waals surface area contributed by atoms with E-state index < -0.39 is 0 Å². The van der Waals surface area contributed by atoms with E-state index in [0.29, 0.717) is 5.92 Å². The van der Waals surface area contributed by atoms with E-state index in [-0.39, 0.29) is 30.4 Å². The number of carbonyl (C=O) groups is 1. The van der Waals surface area contributed by atoms with Gasteiger partial charge < -0.3 is 15.2 Å². The quantitative estimate of drug-likeness (QED) is 0.845. The number of piperidine rings is 1. The lowest BCUT2D eigenvalue weighted by molar-refractivity contribution is 0.0660. The minimum Gasteiger partial charge on any atom is -0.341 e. The van der Waals surface area contributed by atoms with Crippen molar-refractivity contribution in [1.82, 2.24) is 9.47 Å². The van der Waals surface area contributed by atoms with Crippen molar-refractivity contribution in [3.63, 3.8) is 0 Å². The third-order valence-corrected chi connectivity index (χ3v) is 5.87. The fourth-order valence-corrected chi connectivity index (χ4v) is 4.26. The molecule has 0 saturated carbocycles. The maximum absolute atomic E-state index is 13.2. The zero-order chi connectivity index (χ0) is 18.8. The number of hydrogen-bond acceptors (Lipinski definition) is 2. The number of likely N-dealkylation sites (tertiary alicyclic amines) is 1. The molecule has 0 aliphatic carbocycles. The number of benzene rings is 1. The van der Waals surface area contributed by atoms with Gasteiger partial charge in [-0.25, -0.2) is 0 Å². The van der Waals surface area contributed by atoms with Gasteiger partial charge in [0.25, 0.3) is 5.91 Å². The molecule has 1 aliphatic rings. The molecular weight excluding hydrogens is 358 g/mol. The Bertz CT molecular complexity index is 769. The van der Waals surface area contributed by atoms with Crippen LogP contribution < -0.4 is 5.73 Å². The van der Waals surface area contributed by atoms with E-state index in [0.717, 1.165) is 42.9 Å². The number of nitrogens with zero attached hydrogens (tertiary/aromatic N) is 2. The van der Waals surface area contributed by atoms with Crippen LogP contribution in [-0.4, -0.2) is 34.5 Å². The van der Waals surface area contributed by atoms with Crippen LogP contribution in [0.25, 0.3) is 0 Å². The summed E-state index contributed by atoms with van der Waals surface area (Å²) in [7, 11) is 0. The van der Waals surface area contributed by atoms with Crippen molar-refractivity contribution in [2.24, 2.45) is 11.7 Å². The zero-order valence-electron chi connectivity index (χ0n) is 16.8. The second kappa shape index (κ2) is 8.94. The summed E-state index contributed by atoms with van der Waals surface area (Å²) in [6.07, 6.45) is 2.16. The second-order valence-electron chi connectivity index (χ2n) is 7.75. The Hall–Kier alpha value is -1.78. The van der Waals surface area contributed by atoms with E-state index in [4.69, 9.17) is 5.73 Å². The summed E-state index contributed by atoms with van der Waals surface area (Å²) >= 11 is 0. The summed E-state index contributed by atoms with van der Waals surface area (Å²) in [5, 5.41) is 0. The number of amides is 1. The molecule has 148 valence electrons. The zero-order valence-corrected chi connectivity index (χ0v) is 17.6. The van der Waals surface area contributed by atoms with E-state index in [1.165, 1.54) is 5.56 Å². The van der Waals surface area contributed by atoms with Crippen molar-refractivity contribution < 1.29 is 4.79 Å². The van der Waals surface area contributed by atoms with Gasteiger partial charge in [0, 0.05) is 30.5 Å². The number of rotatable bonds is 4. The van der Waals surface area contributed by atoms with Gasteiger partial charge in [0.15, 0.2) is 0 Å². The Morgan fingerprint density at radius 3 is 2.48 bits per heavy atom. The number of nitrogens with two attached hydrogens (primary N) is 1. The summed E-state index contributed by atoms with van der Waals surface area (Å²) < 4.78 is 2.27. The smallest absolute Gasteiger partial charge is 0.255 e. The van der Waals surface area contributed by atoms with Crippen molar-refractivity contribution in [1.29, 1.82) is 0 Å². The molecule has 1 fully saturated rings. The molecule has 2 N–H and O–H groups in total. The van der Waals surface area contributed by atoms with Gasteiger partial charge in [0.1, 0.15) is 0 Å². The maximum atomic E-state index is 13.2.